The van der Waals surface area contributed by atoms with Crippen LogP contribution in [0.15, 0.2) is 11.6 Å². The zero-order valence-electron chi connectivity index (χ0n) is 26.1. The van der Waals surface area contributed by atoms with Gasteiger partial charge in [-0.3, -0.25) is 9.59 Å². The molecule has 2 aliphatic heterocycles. The van der Waals surface area contributed by atoms with E-state index in [1.54, 1.807) is 13.0 Å². The summed E-state index contributed by atoms with van der Waals surface area (Å²) in [7, 11) is 0. The van der Waals surface area contributed by atoms with Gasteiger partial charge in [0.1, 0.15) is 19.0 Å². The molecular weight excluding hydrogens is 572 g/mol. The summed E-state index contributed by atoms with van der Waals surface area (Å²) >= 11 is 0. The van der Waals surface area contributed by atoms with Crippen molar-refractivity contribution in [2.75, 3.05) is 6.61 Å². The molecule has 0 radical (unpaired) electrons. The summed E-state index contributed by atoms with van der Waals surface area (Å²) in [6.07, 6.45) is 4.39. The first-order valence-electron chi connectivity index (χ1n) is 16.2. The van der Waals surface area contributed by atoms with E-state index in [9.17, 15) is 29.4 Å². The van der Waals surface area contributed by atoms with E-state index < -0.39 is 64.7 Å². The number of aliphatic hydroxyl groups is 2. The van der Waals surface area contributed by atoms with Crippen molar-refractivity contribution in [3.63, 3.8) is 0 Å². The van der Waals surface area contributed by atoms with Gasteiger partial charge in [0.2, 0.25) is 0 Å². The lowest BCUT2D eigenvalue weighted by molar-refractivity contribution is -0.288. The summed E-state index contributed by atoms with van der Waals surface area (Å²) in [6, 6.07) is 0. The molecule has 0 spiro atoms. The molecule has 6 rings (SSSR count). The van der Waals surface area contributed by atoms with Gasteiger partial charge in [-0.1, -0.05) is 6.92 Å². The second kappa shape index (κ2) is 11.2. The first-order chi connectivity index (χ1) is 20.7. The van der Waals surface area contributed by atoms with Gasteiger partial charge in [0.25, 0.3) is 0 Å². The molecule has 1 saturated heterocycles. The molecule has 0 aromatic heterocycles. The van der Waals surface area contributed by atoms with Crippen LogP contribution in [0.1, 0.15) is 91.9 Å². The van der Waals surface area contributed by atoms with Crippen LogP contribution < -0.4 is 0 Å². The van der Waals surface area contributed by atoms with E-state index in [-0.39, 0.29) is 43.2 Å². The molecule has 244 valence electrons. The number of hydrogen-bond donors (Lipinski definition) is 2. The Bertz CT molecular complexity index is 1230. The van der Waals surface area contributed by atoms with Crippen LogP contribution in [0.5, 0.6) is 0 Å². The third kappa shape index (κ3) is 4.84. The molecule has 11 heteroatoms. The maximum atomic E-state index is 13.1. The fourth-order valence-electron chi connectivity index (χ4n) is 10.4. The van der Waals surface area contributed by atoms with Crippen LogP contribution >= 0.6 is 0 Å². The normalized spacial score (nSPS) is 48.2. The average molecular weight is 619 g/mol. The Morgan fingerprint density at radius 2 is 1.73 bits per heavy atom. The topological polar surface area (TPSA) is 155 Å². The average Bonchev–Trinajstić information content (AvgIpc) is 3.49. The zero-order valence-corrected chi connectivity index (χ0v) is 26.1. The highest BCUT2D eigenvalue weighted by Gasteiger charge is 2.71. The lowest BCUT2D eigenvalue weighted by atomic mass is 9.41. The third-order valence-corrected chi connectivity index (χ3v) is 12.4. The van der Waals surface area contributed by atoms with E-state index >= 15 is 0 Å². The number of ether oxygens (including phenoxy) is 5. The fourth-order valence-corrected chi connectivity index (χ4v) is 10.4. The van der Waals surface area contributed by atoms with E-state index in [4.69, 9.17) is 23.7 Å². The van der Waals surface area contributed by atoms with Gasteiger partial charge in [0, 0.05) is 38.2 Å². The van der Waals surface area contributed by atoms with Gasteiger partial charge in [-0.05, 0) is 81.6 Å². The fraction of sp³-hybridized carbons (Fsp3) is 0.818. The highest BCUT2D eigenvalue weighted by atomic mass is 16.7. The lowest BCUT2D eigenvalue weighted by Crippen LogP contribution is -2.69. The van der Waals surface area contributed by atoms with Gasteiger partial charge in [-0.25, -0.2) is 4.79 Å². The van der Waals surface area contributed by atoms with E-state index in [1.807, 2.05) is 0 Å². The lowest BCUT2D eigenvalue weighted by Gasteiger charge is -2.65. The standard InChI is InChI=1S/C33H46O11/c1-18-29(43-20(3)36)26(42-19(2)35)14-28(41-18)44-22-5-10-31(17-34)24-6-9-30(4)23(21-13-27(37)40-16-21)8-12-33(30,39)25(24)7-11-32(31,38)15-22/h13,17-18,22-26,28-29,38-39H,5-12,14-16H2,1-4H3/t18-,22+,23+,24-,25+,26+,28-,29+,30+,31-,32-,33+/m0/s1. The molecule has 0 aromatic carbocycles. The second-order valence-corrected chi connectivity index (χ2v) is 14.5. The molecule has 0 unspecified atom stereocenters. The number of rotatable bonds is 6. The highest BCUT2D eigenvalue weighted by Crippen LogP contribution is 2.70. The van der Waals surface area contributed by atoms with Crippen LogP contribution in [0, 0.1) is 28.6 Å². The minimum Gasteiger partial charge on any atom is -0.458 e. The molecule has 5 fully saturated rings. The molecule has 0 amide bonds. The van der Waals surface area contributed by atoms with Crippen molar-refractivity contribution in [2.45, 2.75) is 134 Å². The van der Waals surface area contributed by atoms with Gasteiger partial charge >= 0.3 is 17.9 Å². The summed E-state index contributed by atoms with van der Waals surface area (Å²) in [5, 5.41) is 24.7. The van der Waals surface area contributed by atoms with Crippen molar-refractivity contribution in [3.8, 4) is 0 Å². The van der Waals surface area contributed by atoms with Crippen molar-refractivity contribution in [3.05, 3.63) is 11.6 Å². The smallest absolute Gasteiger partial charge is 0.331 e. The zero-order chi connectivity index (χ0) is 31.7. The van der Waals surface area contributed by atoms with Crippen LogP contribution in [0.2, 0.25) is 0 Å². The molecule has 0 bridgehead atoms. The monoisotopic (exact) mass is 618 g/mol. The largest absolute Gasteiger partial charge is 0.458 e. The molecule has 11 nitrogen and oxygen atoms in total. The summed E-state index contributed by atoms with van der Waals surface area (Å²) < 4.78 is 28.5. The molecule has 4 aliphatic carbocycles. The predicted molar refractivity (Wildman–Crippen MR) is 153 cm³/mol. The molecule has 0 aromatic rings. The molecular formula is C33H46O11. The van der Waals surface area contributed by atoms with Gasteiger partial charge in [-0.2, -0.15) is 0 Å². The number of cyclic esters (lactones) is 1. The molecule has 6 aliphatic rings. The van der Waals surface area contributed by atoms with Crippen LogP contribution in [0.4, 0.5) is 0 Å². The van der Waals surface area contributed by atoms with Crippen molar-refractivity contribution < 1.29 is 53.1 Å². The third-order valence-electron chi connectivity index (χ3n) is 12.4. The number of fused-ring (bicyclic) bond motifs is 5. The van der Waals surface area contributed by atoms with Gasteiger partial charge in [0.15, 0.2) is 12.4 Å². The maximum absolute atomic E-state index is 13.1. The van der Waals surface area contributed by atoms with Crippen molar-refractivity contribution in [2.24, 2.45) is 28.6 Å². The molecule has 4 saturated carbocycles. The minimum atomic E-state index is -1.30. The number of hydrogen-bond acceptors (Lipinski definition) is 11. The van der Waals surface area contributed by atoms with Gasteiger partial charge < -0.3 is 38.7 Å². The molecule has 12 atom stereocenters. The Morgan fingerprint density at radius 1 is 1.00 bits per heavy atom. The van der Waals surface area contributed by atoms with Crippen LogP contribution in [-0.4, -0.2) is 82.9 Å². The highest BCUT2D eigenvalue weighted by molar-refractivity contribution is 5.85. The van der Waals surface area contributed by atoms with Crippen molar-refractivity contribution in [1.82, 2.24) is 0 Å². The van der Waals surface area contributed by atoms with Crippen LogP contribution in [0.25, 0.3) is 0 Å². The van der Waals surface area contributed by atoms with Crippen LogP contribution in [0.3, 0.4) is 0 Å². The van der Waals surface area contributed by atoms with Crippen LogP contribution in [-0.2, 0) is 42.9 Å². The Balaban J connectivity index is 1.18. The number of carbonyl (C=O) groups excluding carboxylic acids is 4. The first kappa shape index (κ1) is 31.6. The second-order valence-electron chi connectivity index (χ2n) is 14.5. The molecule has 2 N–H and O–H groups in total. The number of carbonyl (C=O) groups is 4. The predicted octanol–water partition coefficient (Wildman–Crippen LogP) is 2.92. The Morgan fingerprint density at radius 3 is 2.39 bits per heavy atom. The SMILES string of the molecule is CC(=O)O[C@@H]1[C@H](C)O[C@@H](O[C@@H]2CC[C@]3(C=O)[C@H]4CC[C@]5(C)[C@@H](C6=CC(=O)OC6)CC[C@@]5(O)[C@@H]4CC[C@]3(O)C2)C[C@H]1OC(C)=O. The maximum Gasteiger partial charge on any atom is 0.331 e. The van der Waals surface area contributed by atoms with E-state index in [2.05, 4.69) is 6.92 Å². The first-order valence-corrected chi connectivity index (χ1v) is 16.2. The summed E-state index contributed by atoms with van der Waals surface area (Å²) in [6.45, 7) is 6.72. The van der Waals surface area contributed by atoms with E-state index in [0.717, 1.165) is 18.3 Å². The quantitative estimate of drug-likeness (QED) is 0.195. The molecule has 44 heavy (non-hydrogen) atoms. The summed E-state index contributed by atoms with van der Waals surface area (Å²) in [4.78, 5) is 48.4. The Labute approximate surface area is 257 Å². The Hall–Kier alpha value is -2.34. The summed E-state index contributed by atoms with van der Waals surface area (Å²) in [5.74, 6) is -1.59. The van der Waals surface area contributed by atoms with Crippen molar-refractivity contribution in [1.29, 1.82) is 0 Å². The summed E-state index contributed by atoms with van der Waals surface area (Å²) in [5.41, 5.74) is -2.79. The molecule has 2 heterocycles. The van der Waals surface area contributed by atoms with E-state index in [0.29, 0.717) is 44.9 Å². The number of aldehydes is 1. The van der Waals surface area contributed by atoms with Crippen molar-refractivity contribution >= 4 is 24.2 Å². The van der Waals surface area contributed by atoms with Gasteiger partial charge in [-0.15, -0.1) is 0 Å². The number of esters is 3. The van der Waals surface area contributed by atoms with E-state index in [1.165, 1.54) is 13.8 Å². The Kier molecular flexibility index (Phi) is 8.03. The van der Waals surface area contributed by atoms with Gasteiger partial charge in [0.05, 0.1) is 28.8 Å². The minimum absolute atomic E-state index is 0.0474.